The second-order valence-electron chi connectivity index (χ2n) is 6.44. The van der Waals surface area contributed by atoms with Crippen molar-refractivity contribution in [3.8, 4) is 11.5 Å². The smallest absolute Gasteiger partial charge is 0.255 e. The molecule has 0 saturated carbocycles. The van der Waals surface area contributed by atoms with E-state index in [1.165, 1.54) is 18.4 Å². The van der Waals surface area contributed by atoms with Gasteiger partial charge >= 0.3 is 0 Å². The van der Waals surface area contributed by atoms with Crippen molar-refractivity contribution in [1.82, 2.24) is 0 Å². The number of carbonyl (C=O) groups is 1. The number of amides is 1. The highest BCUT2D eigenvalue weighted by atomic mass is 16.7. The number of carbonyl (C=O) groups excluding carboxylic acids is 1. The number of benzene rings is 2. The highest BCUT2D eigenvalue weighted by molar-refractivity contribution is 6.05. The van der Waals surface area contributed by atoms with Crippen LogP contribution < -0.4 is 14.8 Å². The predicted molar refractivity (Wildman–Crippen MR) is 93.4 cm³/mol. The average molecular weight is 335 g/mol. The maximum Gasteiger partial charge on any atom is 0.255 e. The van der Waals surface area contributed by atoms with E-state index in [2.05, 4.69) is 5.32 Å². The highest BCUT2D eigenvalue weighted by Gasteiger charge is 2.19. The fourth-order valence-corrected chi connectivity index (χ4v) is 3.58. The number of furan rings is 1. The van der Waals surface area contributed by atoms with Crippen molar-refractivity contribution in [2.24, 2.45) is 0 Å². The summed E-state index contributed by atoms with van der Waals surface area (Å²) >= 11 is 0. The summed E-state index contributed by atoms with van der Waals surface area (Å²) in [5.41, 5.74) is 3.50. The predicted octanol–water partition coefficient (Wildman–Crippen LogP) is 4.29. The lowest BCUT2D eigenvalue weighted by Crippen LogP contribution is -2.11. The van der Waals surface area contributed by atoms with Crippen LogP contribution in [0.3, 0.4) is 0 Å². The molecule has 1 aromatic heterocycles. The Labute approximate surface area is 144 Å². The van der Waals surface area contributed by atoms with E-state index in [9.17, 15) is 4.79 Å². The van der Waals surface area contributed by atoms with E-state index in [4.69, 9.17) is 13.9 Å². The van der Waals surface area contributed by atoms with Crippen LogP contribution in [0.1, 0.15) is 34.5 Å². The van der Waals surface area contributed by atoms with Gasteiger partial charge in [-0.25, -0.2) is 0 Å². The number of rotatable bonds is 2. The number of ether oxygens (including phenoxy) is 2. The van der Waals surface area contributed by atoms with Crippen LogP contribution in [0, 0.1) is 0 Å². The SMILES string of the molecule is O=C(Nc1ccc2oc3c(c2c1)CCCC3)c1ccc2c(c1)OCO2. The van der Waals surface area contributed by atoms with Crippen molar-refractivity contribution in [1.29, 1.82) is 0 Å². The first-order valence-electron chi connectivity index (χ1n) is 8.53. The van der Waals surface area contributed by atoms with Crippen molar-refractivity contribution < 1.29 is 18.7 Å². The van der Waals surface area contributed by atoms with Crippen molar-refractivity contribution in [2.45, 2.75) is 25.7 Å². The molecule has 5 rings (SSSR count). The quantitative estimate of drug-likeness (QED) is 0.759. The van der Waals surface area contributed by atoms with Gasteiger partial charge in [-0.2, -0.15) is 0 Å². The van der Waals surface area contributed by atoms with Crippen LogP contribution in [-0.4, -0.2) is 12.7 Å². The average Bonchev–Trinajstić information content (AvgIpc) is 3.25. The maximum absolute atomic E-state index is 12.5. The maximum atomic E-state index is 12.5. The zero-order valence-corrected chi connectivity index (χ0v) is 13.6. The van der Waals surface area contributed by atoms with Gasteiger partial charge in [-0.1, -0.05) is 0 Å². The molecule has 1 N–H and O–H groups in total. The largest absolute Gasteiger partial charge is 0.461 e. The summed E-state index contributed by atoms with van der Waals surface area (Å²) < 4.78 is 16.6. The number of anilines is 1. The molecule has 0 unspecified atom stereocenters. The van der Waals surface area contributed by atoms with Crippen molar-refractivity contribution in [3.63, 3.8) is 0 Å². The van der Waals surface area contributed by atoms with Crippen molar-refractivity contribution >= 4 is 22.6 Å². The lowest BCUT2D eigenvalue weighted by molar-refractivity contribution is 0.102. The van der Waals surface area contributed by atoms with E-state index in [-0.39, 0.29) is 12.7 Å². The second kappa shape index (κ2) is 5.55. The van der Waals surface area contributed by atoms with Gasteiger partial charge in [-0.15, -0.1) is 0 Å². The minimum atomic E-state index is -0.171. The molecule has 5 nitrogen and oxygen atoms in total. The van der Waals surface area contributed by atoms with Gasteiger partial charge in [0.05, 0.1) is 0 Å². The summed E-state index contributed by atoms with van der Waals surface area (Å²) in [5.74, 6) is 2.20. The van der Waals surface area contributed by atoms with Gasteiger partial charge in [0, 0.05) is 28.6 Å². The van der Waals surface area contributed by atoms with Crippen LogP contribution in [0.5, 0.6) is 11.5 Å². The molecular formula is C20H17NO4. The Bertz CT molecular complexity index is 989. The molecule has 2 aliphatic rings. The molecule has 5 heteroatoms. The van der Waals surface area contributed by atoms with Gasteiger partial charge in [0.2, 0.25) is 6.79 Å². The molecule has 1 aliphatic carbocycles. The van der Waals surface area contributed by atoms with Gasteiger partial charge in [-0.05, 0) is 55.7 Å². The van der Waals surface area contributed by atoms with Gasteiger partial charge < -0.3 is 19.2 Å². The van der Waals surface area contributed by atoms with Gasteiger partial charge in [0.1, 0.15) is 11.3 Å². The Hall–Kier alpha value is -2.95. The Morgan fingerprint density at radius 2 is 1.84 bits per heavy atom. The van der Waals surface area contributed by atoms with Crippen molar-refractivity contribution in [2.75, 3.05) is 12.1 Å². The Balaban J connectivity index is 1.44. The van der Waals surface area contributed by atoms with E-state index in [1.54, 1.807) is 18.2 Å². The second-order valence-corrected chi connectivity index (χ2v) is 6.44. The molecule has 25 heavy (non-hydrogen) atoms. The molecule has 2 heterocycles. The van der Waals surface area contributed by atoms with Gasteiger partial charge in [0.25, 0.3) is 5.91 Å². The fourth-order valence-electron chi connectivity index (χ4n) is 3.58. The number of hydrogen-bond acceptors (Lipinski definition) is 4. The van der Waals surface area contributed by atoms with Crippen molar-refractivity contribution in [3.05, 3.63) is 53.3 Å². The zero-order valence-electron chi connectivity index (χ0n) is 13.6. The summed E-state index contributed by atoms with van der Waals surface area (Å²) in [6.07, 6.45) is 4.42. The lowest BCUT2D eigenvalue weighted by Gasteiger charge is -2.09. The molecule has 3 aromatic rings. The van der Waals surface area contributed by atoms with Crippen LogP contribution in [0.4, 0.5) is 5.69 Å². The zero-order chi connectivity index (χ0) is 16.8. The third-order valence-electron chi connectivity index (χ3n) is 4.85. The van der Waals surface area contributed by atoms with Gasteiger partial charge in [-0.3, -0.25) is 4.79 Å². The highest BCUT2D eigenvalue weighted by Crippen LogP contribution is 2.34. The number of aryl methyl sites for hydroxylation is 2. The van der Waals surface area contributed by atoms with E-state index < -0.39 is 0 Å². The Kier molecular flexibility index (Phi) is 3.20. The monoisotopic (exact) mass is 335 g/mol. The van der Waals surface area contributed by atoms with Crippen LogP contribution in [0.25, 0.3) is 11.0 Å². The summed E-state index contributed by atoms with van der Waals surface area (Å²) in [5, 5.41) is 4.07. The first-order chi connectivity index (χ1) is 12.3. The first-order valence-corrected chi connectivity index (χ1v) is 8.53. The molecule has 1 amide bonds. The lowest BCUT2D eigenvalue weighted by atomic mass is 9.96. The molecule has 0 radical (unpaired) electrons. The Morgan fingerprint density at radius 1 is 0.960 bits per heavy atom. The van der Waals surface area contributed by atoms with E-state index in [1.807, 2.05) is 18.2 Å². The molecule has 1 aliphatic heterocycles. The molecule has 0 fully saturated rings. The summed E-state index contributed by atoms with van der Waals surface area (Å²) in [6.45, 7) is 0.197. The summed E-state index contributed by atoms with van der Waals surface area (Å²) in [4.78, 5) is 12.5. The molecule has 2 aromatic carbocycles. The van der Waals surface area contributed by atoms with Crippen LogP contribution >= 0.6 is 0 Å². The molecule has 0 atom stereocenters. The first kappa shape index (κ1) is 14.4. The molecule has 0 saturated heterocycles. The Morgan fingerprint density at radius 3 is 2.80 bits per heavy atom. The number of hydrogen-bond donors (Lipinski definition) is 1. The fraction of sp³-hybridized carbons (Fsp3) is 0.250. The van der Waals surface area contributed by atoms with E-state index in [0.717, 1.165) is 35.3 Å². The van der Waals surface area contributed by atoms with Crippen LogP contribution in [0.15, 0.2) is 40.8 Å². The van der Waals surface area contributed by atoms with E-state index in [0.29, 0.717) is 17.1 Å². The number of nitrogens with one attached hydrogen (secondary N) is 1. The normalized spacial score (nSPS) is 15.2. The standard InChI is InChI=1S/C20H17NO4/c22-20(12-5-7-18-19(9-12)24-11-23-18)21-13-6-8-17-15(10-13)14-3-1-2-4-16(14)25-17/h5-10H,1-4,11H2,(H,21,22). The summed E-state index contributed by atoms with van der Waals surface area (Å²) in [6, 6.07) is 11.0. The minimum Gasteiger partial charge on any atom is -0.461 e. The van der Waals surface area contributed by atoms with Gasteiger partial charge in [0.15, 0.2) is 11.5 Å². The molecule has 126 valence electrons. The summed E-state index contributed by atoms with van der Waals surface area (Å²) in [7, 11) is 0. The molecular weight excluding hydrogens is 318 g/mol. The minimum absolute atomic E-state index is 0.171. The third kappa shape index (κ3) is 2.43. The molecule has 0 bridgehead atoms. The topological polar surface area (TPSA) is 60.7 Å². The third-order valence-corrected chi connectivity index (χ3v) is 4.85. The molecule has 0 spiro atoms. The van der Waals surface area contributed by atoms with Crippen LogP contribution in [0.2, 0.25) is 0 Å². The van der Waals surface area contributed by atoms with E-state index >= 15 is 0 Å². The number of fused-ring (bicyclic) bond motifs is 4. The van der Waals surface area contributed by atoms with Crippen LogP contribution in [-0.2, 0) is 12.8 Å².